The van der Waals surface area contributed by atoms with Crippen LogP contribution >= 0.6 is 0 Å². The van der Waals surface area contributed by atoms with Crippen LogP contribution in [-0.2, 0) is 16.1 Å². The third kappa shape index (κ3) is 3.55. The van der Waals surface area contributed by atoms with Crippen LogP contribution in [0, 0.1) is 11.3 Å². The van der Waals surface area contributed by atoms with E-state index in [9.17, 15) is 4.79 Å². The highest BCUT2D eigenvalue weighted by Gasteiger charge is 2.32. The summed E-state index contributed by atoms with van der Waals surface area (Å²) >= 11 is 0. The fraction of sp³-hybridized carbons (Fsp3) is 0.385. The summed E-state index contributed by atoms with van der Waals surface area (Å²) in [6.45, 7) is 1.99. The van der Waals surface area contributed by atoms with Gasteiger partial charge in [-0.3, -0.25) is 10.1 Å². The van der Waals surface area contributed by atoms with Gasteiger partial charge in [0.1, 0.15) is 5.54 Å². The summed E-state index contributed by atoms with van der Waals surface area (Å²) in [5.41, 5.74) is 0.271. The molecule has 0 fully saturated rings. The number of aliphatic carboxylic acids is 1. The van der Waals surface area contributed by atoms with Crippen LogP contribution in [0.1, 0.15) is 18.1 Å². The first-order chi connectivity index (χ1) is 8.51. The van der Waals surface area contributed by atoms with Gasteiger partial charge in [0.2, 0.25) is 0 Å². The van der Waals surface area contributed by atoms with E-state index in [0.29, 0.717) is 12.1 Å². The number of ether oxygens (including phenoxy) is 1. The standard InChI is InChI=1S/C13H16N2O3/c1-13(9-18-2,12(16)17)15-8-11-5-3-4-10(6-11)7-14/h3-6,15H,8-9H2,1-2H3,(H,16,17). The first kappa shape index (κ1) is 14.2. The van der Waals surface area contributed by atoms with Gasteiger partial charge in [0.25, 0.3) is 0 Å². The van der Waals surface area contributed by atoms with Crippen LogP contribution < -0.4 is 5.32 Å². The zero-order chi connectivity index (χ0) is 13.6. The van der Waals surface area contributed by atoms with E-state index in [0.717, 1.165) is 5.56 Å². The number of nitrogens with zero attached hydrogens (tertiary/aromatic N) is 1. The van der Waals surface area contributed by atoms with Crippen LogP contribution in [0.2, 0.25) is 0 Å². The lowest BCUT2D eigenvalue weighted by atomic mass is 10.0. The van der Waals surface area contributed by atoms with E-state index in [1.807, 2.05) is 12.1 Å². The van der Waals surface area contributed by atoms with Crippen molar-refractivity contribution in [3.8, 4) is 6.07 Å². The Hall–Kier alpha value is -1.90. The van der Waals surface area contributed by atoms with Gasteiger partial charge >= 0.3 is 5.97 Å². The number of benzene rings is 1. The molecular formula is C13H16N2O3. The molecule has 0 aliphatic rings. The van der Waals surface area contributed by atoms with E-state index in [1.54, 1.807) is 25.1 Å². The molecule has 0 heterocycles. The molecule has 0 amide bonds. The molecule has 5 heteroatoms. The fourth-order valence-electron chi connectivity index (χ4n) is 1.53. The van der Waals surface area contributed by atoms with Crippen molar-refractivity contribution in [1.29, 1.82) is 5.26 Å². The smallest absolute Gasteiger partial charge is 0.326 e. The Labute approximate surface area is 106 Å². The van der Waals surface area contributed by atoms with Crippen LogP contribution in [0.4, 0.5) is 0 Å². The van der Waals surface area contributed by atoms with Crippen molar-refractivity contribution in [3.05, 3.63) is 35.4 Å². The minimum atomic E-state index is -1.14. The average Bonchev–Trinajstić information content (AvgIpc) is 2.37. The molecule has 2 N–H and O–H groups in total. The van der Waals surface area contributed by atoms with Crippen molar-refractivity contribution in [2.75, 3.05) is 13.7 Å². The van der Waals surface area contributed by atoms with Crippen molar-refractivity contribution in [1.82, 2.24) is 5.32 Å². The second-order valence-electron chi connectivity index (χ2n) is 4.24. The molecule has 96 valence electrons. The Kier molecular flexibility index (Phi) is 4.84. The van der Waals surface area contributed by atoms with Crippen LogP contribution in [0.5, 0.6) is 0 Å². The fourth-order valence-corrected chi connectivity index (χ4v) is 1.53. The topological polar surface area (TPSA) is 82.3 Å². The van der Waals surface area contributed by atoms with E-state index >= 15 is 0 Å². The van der Waals surface area contributed by atoms with Gasteiger partial charge in [-0.25, -0.2) is 0 Å². The molecule has 0 bridgehead atoms. The van der Waals surface area contributed by atoms with Crippen molar-refractivity contribution < 1.29 is 14.6 Å². The maximum atomic E-state index is 11.2. The highest BCUT2D eigenvalue weighted by Crippen LogP contribution is 2.09. The number of rotatable bonds is 6. The van der Waals surface area contributed by atoms with Gasteiger partial charge in [-0.15, -0.1) is 0 Å². The highest BCUT2D eigenvalue weighted by molar-refractivity contribution is 5.78. The summed E-state index contributed by atoms with van der Waals surface area (Å²) in [5.74, 6) is -0.971. The molecule has 1 aromatic rings. The van der Waals surface area contributed by atoms with Gasteiger partial charge in [0, 0.05) is 13.7 Å². The minimum absolute atomic E-state index is 0.0697. The number of nitrogens with one attached hydrogen (secondary N) is 1. The molecule has 1 aromatic carbocycles. The Bertz CT molecular complexity index is 468. The zero-order valence-corrected chi connectivity index (χ0v) is 10.4. The van der Waals surface area contributed by atoms with Crippen LogP contribution in [-0.4, -0.2) is 30.3 Å². The summed E-state index contributed by atoms with van der Waals surface area (Å²) < 4.78 is 4.91. The molecule has 0 radical (unpaired) electrons. The number of carbonyl (C=O) groups is 1. The lowest BCUT2D eigenvalue weighted by Crippen LogP contribution is -2.52. The first-order valence-electron chi connectivity index (χ1n) is 5.48. The average molecular weight is 248 g/mol. The molecule has 0 saturated heterocycles. The molecule has 0 aliphatic carbocycles. The summed E-state index contributed by atoms with van der Waals surface area (Å²) in [7, 11) is 1.46. The summed E-state index contributed by atoms with van der Waals surface area (Å²) in [5, 5.41) is 20.9. The number of carboxylic acids is 1. The normalized spacial score (nSPS) is 13.6. The van der Waals surface area contributed by atoms with E-state index in [1.165, 1.54) is 7.11 Å². The van der Waals surface area contributed by atoms with E-state index in [-0.39, 0.29) is 6.61 Å². The lowest BCUT2D eigenvalue weighted by molar-refractivity contribution is -0.146. The molecule has 1 unspecified atom stereocenters. The number of carboxylic acid groups (broad SMARTS) is 1. The highest BCUT2D eigenvalue weighted by atomic mass is 16.5. The van der Waals surface area contributed by atoms with Gasteiger partial charge in [-0.2, -0.15) is 5.26 Å². The van der Waals surface area contributed by atoms with Crippen LogP contribution in [0.15, 0.2) is 24.3 Å². The van der Waals surface area contributed by atoms with Crippen molar-refractivity contribution in [2.45, 2.75) is 19.0 Å². The number of hydrogen-bond acceptors (Lipinski definition) is 4. The maximum Gasteiger partial charge on any atom is 0.326 e. The summed E-state index contributed by atoms with van der Waals surface area (Å²) in [6, 6.07) is 9.08. The number of methoxy groups -OCH3 is 1. The molecule has 0 saturated carbocycles. The van der Waals surface area contributed by atoms with Crippen molar-refractivity contribution in [3.63, 3.8) is 0 Å². The zero-order valence-electron chi connectivity index (χ0n) is 10.4. The SMILES string of the molecule is COCC(C)(NCc1cccc(C#N)c1)C(=O)O. The Morgan fingerprint density at radius 1 is 1.61 bits per heavy atom. The van der Waals surface area contributed by atoms with Crippen LogP contribution in [0.3, 0.4) is 0 Å². The second kappa shape index (κ2) is 6.15. The molecule has 18 heavy (non-hydrogen) atoms. The number of hydrogen-bond donors (Lipinski definition) is 2. The predicted molar refractivity (Wildman–Crippen MR) is 65.9 cm³/mol. The molecule has 0 spiro atoms. The van der Waals surface area contributed by atoms with E-state index < -0.39 is 11.5 Å². The largest absolute Gasteiger partial charge is 0.480 e. The van der Waals surface area contributed by atoms with Gasteiger partial charge < -0.3 is 9.84 Å². The summed E-state index contributed by atoms with van der Waals surface area (Å²) in [4.78, 5) is 11.2. The molecule has 0 aliphatic heterocycles. The lowest BCUT2D eigenvalue weighted by Gasteiger charge is -2.25. The third-order valence-electron chi connectivity index (χ3n) is 2.64. The van der Waals surface area contributed by atoms with Crippen LogP contribution in [0.25, 0.3) is 0 Å². The molecule has 1 atom stereocenters. The molecule has 5 nitrogen and oxygen atoms in total. The van der Waals surface area contributed by atoms with E-state index in [4.69, 9.17) is 15.1 Å². The maximum absolute atomic E-state index is 11.2. The Morgan fingerprint density at radius 3 is 2.89 bits per heavy atom. The number of nitriles is 1. The van der Waals surface area contributed by atoms with Crippen molar-refractivity contribution >= 4 is 5.97 Å². The molecule has 1 rings (SSSR count). The first-order valence-corrected chi connectivity index (χ1v) is 5.48. The second-order valence-corrected chi connectivity index (χ2v) is 4.24. The third-order valence-corrected chi connectivity index (χ3v) is 2.64. The van der Waals surface area contributed by atoms with Gasteiger partial charge in [-0.1, -0.05) is 12.1 Å². The summed E-state index contributed by atoms with van der Waals surface area (Å²) in [6.07, 6.45) is 0. The van der Waals surface area contributed by atoms with Gasteiger partial charge in [0.05, 0.1) is 18.2 Å². The molecular weight excluding hydrogens is 232 g/mol. The Morgan fingerprint density at radius 2 is 2.33 bits per heavy atom. The van der Waals surface area contributed by atoms with E-state index in [2.05, 4.69) is 5.32 Å². The minimum Gasteiger partial charge on any atom is -0.480 e. The molecule has 0 aromatic heterocycles. The predicted octanol–water partition coefficient (Wildman–Crippen LogP) is 1.14. The van der Waals surface area contributed by atoms with Crippen molar-refractivity contribution in [2.24, 2.45) is 0 Å². The van der Waals surface area contributed by atoms with Gasteiger partial charge in [-0.05, 0) is 24.6 Å². The van der Waals surface area contributed by atoms with Gasteiger partial charge in [0.15, 0.2) is 0 Å². The monoisotopic (exact) mass is 248 g/mol. The Balaban J connectivity index is 2.73. The quantitative estimate of drug-likeness (QED) is 0.788.